The molecule has 1 aromatic carbocycles. The summed E-state index contributed by atoms with van der Waals surface area (Å²) in [5, 5.41) is 0. The lowest BCUT2D eigenvalue weighted by atomic mass is 9.93. The Bertz CT molecular complexity index is 773. The Hall–Kier alpha value is -2.60. The summed E-state index contributed by atoms with van der Waals surface area (Å²) in [5.74, 6) is 1.86. The monoisotopic (exact) mass is 339 g/mol. The van der Waals surface area contributed by atoms with Gasteiger partial charge in [-0.05, 0) is 43.9 Å². The third-order valence-electron chi connectivity index (χ3n) is 4.76. The Balaban J connectivity index is 1.49. The van der Waals surface area contributed by atoms with Crippen LogP contribution in [0.1, 0.15) is 23.2 Å². The normalized spacial score (nSPS) is 17.5. The molecule has 0 bridgehead atoms. The molecule has 130 valence electrons. The lowest BCUT2D eigenvalue weighted by molar-refractivity contribution is -0.141. The predicted molar refractivity (Wildman–Crippen MR) is 92.6 cm³/mol. The number of carbonyl (C=O) groups excluding carboxylic acids is 1. The zero-order chi connectivity index (χ0) is 17.4. The number of likely N-dealkylation sites (tertiary alicyclic amines) is 1. The third-order valence-corrected chi connectivity index (χ3v) is 4.76. The van der Waals surface area contributed by atoms with Gasteiger partial charge in [0.15, 0.2) is 11.5 Å². The van der Waals surface area contributed by atoms with Crippen molar-refractivity contribution in [2.45, 2.75) is 12.0 Å². The van der Waals surface area contributed by atoms with Gasteiger partial charge in [-0.3, -0.25) is 14.7 Å². The van der Waals surface area contributed by atoms with Crippen molar-refractivity contribution < 1.29 is 14.3 Å². The molecule has 0 N–H and O–H groups in total. The first-order chi connectivity index (χ1) is 12.1. The zero-order valence-electron chi connectivity index (χ0n) is 14.4. The van der Waals surface area contributed by atoms with Gasteiger partial charge >= 0.3 is 0 Å². The quantitative estimate of drug-likeness (QED) is 0.853. The third kappa shape index (κ3) is 2.93. The Labute approximate surface area is 147 Å². The van der Waals surface area contributed by atoms with Gasteiger partial charge in [0.2, 0.25) is 12.7 Å². The highest BCUT2D eigenvalue weighted by atomic mass is 16.7. The molecule has 6 heteroatoms. The number of hydrogen-bond donors (Lipinski definition) is 0. The highest BCUT2D eigenvalue weighted by Gasteiger charge is 2.37. The lowest BCUT2D eigenvalue weighted by Crippen LogP contribution is -2.52. The number of rotatable bonds is 4. The van der Waals surface area contributed by atoms with Crippen LogP contribution in [0.3, 0.4) is 0 Å². The molecule has 1 saturated heterocycles. The molecule has 0 radical (unpaired) electrons. The van der Waals surface area contributed by atoms with Crippen LogP contribution in [-0.4, -0.2) is 54.7 Å². The van der Waals surface area contributed by atoms with Gasteiger partial charge in [-0.1, -0.05) is 12.1 Å². The molecule has 1 atom stereocenters. The van der Waals surface area contributed by atoms with Crippen LogP contribution in [0, 0.1) is 0 Å². The summed E-state index contributed by atoms with van der Waals surface area (Å²) in [5.41, 5.74) is 1.97. The second kappa shape index (κ2) is 6.37. The maximum Gasteiger partial charge on any atom is 0.244 e. The van der Waals surface area contributed by atoms with Crippen molar-refractivity contribution in [3.8, 4) is 11.5 Å². The fourth-order valence-electron chi connectivity index (χ4n) is 3.38. The fourth-order valence-corrected chi connectivity index (χ4v) is 3.38. The molecule has 1 amide bonds. The highest BCUT2D eigenvalue weighted by Crippen LogP contribution is 2.36. The molecule has 1 aromatic heterocycles. The van der Waals surface area contributed by atoms with E-state index in [0.717, 1.165) is 17.0 Å². The highest BCUT2D eigenvalue weighted by molar-refractivity contribution is 5.84. The number of likely N-dealkylation sites (N-methyl/N-ethyl adjacent to an activating group) is 1. The van der Waals surface area contributed by atoms with Gasteiger partial charge in [0, 0.05) is 30.9 Å². The first-order valence-corrected chi connectivity index (χ1v) is 8.39. The minimum atomic E-state index is -0.334. The topological polar surface area (TPSA) is 54.9 Å². The van der Waals surface area contributed by atoms with Crippen LogP contribution >= 0.6 is 0 Å². The van der Waals surface area contributed by atoms with Gasteiger partial charge in [-0.2, -0.15) is 0 Å². The zero-order valence-corrected chi connectivity index (χ0v) is 14.4. The van der Waals surface area contributed by atoms with Crippen molar-refractivity contribution in [2.75, 3.05) is 34.0 Å². The average molecular weight is 339 g/mol. The molecule has 0 spiro atoms. The van der Waals surface area contributed by atoms with Crippen molar-refractivity contribution in [1.29, 1.82) is 0 Å². The molecule has 2 aromatic rings. The molecule has 4 rings (SSSR count). The summed E-state index contributed by atoms with van der Waals surface area (Å²) in [6.45, 7) is 1.66. The smallest absolute Gasteiger partial charge is 0.244 e. The van der Waals surface area contributed by atoms with Gasteiger partial charge in [-0.25, -0.2) is 0 Å². The molecule has 0 saturated carbocycles. The number of aromatic nitrogens is 1. The standard InChI is InChI=1S/C19H21N3O3/c1-21(2)18(13-6-7-16-17(9-13)25-12-24-16)19(23)22-10-14(11-22)15-5-3-4-8-20-15/h3-9,14,18H,10-12H2,1-2H3/t18-/m1/s1. The molecular formula is C19H21N3O3. The van der Waals surface area contributed by atoms with Crippen LogP contribution in [0.15, 0.2) is 42.6 Å². The summed E-state index contributed by atoms with van der Waals surface area (Å²) < 4.78 is 10.8. The molecule has 3 heterocycles. The van der Waals surface area contributed by atoms with E-state index in [9.17, 15) is 4.79 Å². The number of benzene rings is 1. The van der Waals surface area contributed by atoms with Crippen LogP contribution in [0.4, 0.5) is 0 Å². The van der Waals surface area contributed by atoms with Gasteiger partial charge in [0.05, 0.1) is 0 Å². The molecule has 2 aliphatic rings. The van der Waals surface area contributed by atoms with E-state index in [1.54, 1.807) is 6.20 Å². The van der Waals surface area contributed by atoms with E-state index in [-0.39, 0.29) is 18.7 Å². The van der Waals surface area contributed by atoms with Crippen LogP contribution in [-0.2, 0) is 4.79 Å². The van der Waals surface area contributed by atoms with E-state index in [4.69, 9.17) is 9.47 Å². The fraction of sp³-hybridized carbons (Fsp3) is 0.368. The van der Waals surface area contributed by atoms with Crippen molar-refractivity contribution in [3.05, 3.63) is 53.9 Å². The summed E-state index contributed by atoms with van der Waals surface area (Å²) >= 11 is 0. The molecule has 2 aliphatic heterocycles. The van der Waals surface area contributed by atoms with E-state index in [1.165, 1.54) is 0 Å². The van der Waals surface area contributed by atoms with Crippen molar-refractivity contribution >= 4 is 5.91 Å². The Kier molecular flexibility index (Phi) is 4.05. The number of nitrogens with zero attached hydrogens (tertiary/aromatic N) is 3. The number of ether oxygens (including phenoxy) is 2. The van der Waals surface area contributed by atoms with Crippen LogP contribution in [0.25, 0.3) is 0 Å². The first kappa shape index (κ1) is 15.9. The molecule has 0 unspecified atom stereocenters. The van der Waals surface area contributed by atoms with Gasteiger partial charge in [0.25, 0.3) is 0 Å². The number of carbonyl (C=O) groups is 1. The second-order valence-corrected chi connectivity index (χ2v) is 6.67. The van der Waals surface area contributed by atoms with E-state index in [1.807, 2.05) is 60.3 Å². The van der Waals surface area contributed by atoms with Gasteiger partial charge in [-0.15, -0.1) is 0 Å². The molecule has 0 aliphatic carbocycles. The molecule has 1 fully saturated rings. The van der Waals surface area contributed by atoms with E-state index < -0.39 is 0 Å². The van der Waals surface area contributed by atoms with Crippen molar-refractivity contribution in [3.63, 3.8) is 0 Å². The Morgan fingerprint density at radius 3 is 2.72 bits per heavy atom. The second-order valence-electron chi connectivity index (χ2n) is 6.67. The van der Waals surface area contributed by atoms with Crippen LogP contribution in [0.2, 0.25) is 0 Å². The molecule has 25 heavy (non-hydrogen) atoms. The number of hydrogen-bond acceptors (Lipinski definition) is 5. The summed E-state index contributed by atoms with van der Waals surface area (Å²) in [6, 6.07) is 11.3. The van der Waals surface area contributed by atoms with Crippen LogP contribution < -0.4 is 9.47 Å². The maximum absolute atomic E-state index is 13.0. The minimum Gasteiger partial charge on any atom is -0.454 e. The summed E-state index contributed by atoms with van der Waals surface area (Å²) in [4.78, 5) is 21.3. The molecule has 6 nitrogen and oxygen atoms in total. The maximum atomic E-state index is 13.0. The van der Waals surface area contributed by atoms with Crippen molar-refractivity contribution in [2.24, 2.45) is 0 Å². The van der Waals surface area contributed by atoms with Crippen molar-refractivity contribution in [1.82, 2.24) is 14.8 Å². The van der Waals surface area contributed by atoms with E-state index in [0.29, 0.717) is 24.8 Å². The Morgan fingerprint density at radius 1 is 1.20 bits per heavy atom. The first-order valence-electron chi connectivity index (χ1n) is 8.39. The van der Waals surface area contributed by atoms with Gasteiger partial charge < -0.3 is 14.4 Å². The number of amides is 1. The number of pyridine rings is 1. The lowest BCUT2D eigenvalue weighted by Gasteiger charge is -2.42. The predicted octanol–water partition coefficient (Wildman–Crippen LogP) is 2.04. The van der Waals surface area contributed by atoms with Gasteiger partial charge in [0.1, 0.15) is 6.04 Å². The van der Waals surface area contributed by atoms with Crippen LogP contribution in [0.5, 0.6) is 11.5 Å². The molecular weight excluding hydrogens is 318 g/mol. The Morgan fingerprint density at radius 2 is 2.00 bits per heavy atom. The summed E-state index contributed by atoms with van der Waals surface area (Å²) in [7, 11) is 3.84. The largest absolute Gasteiger partial charge is 0.454 e. The average Bonchev–Trinajstić information content (AvgIpc) is 3.02. The minimum absolute atomic E-state index is 0.107. The van der Waals surface area contributed by atoms with E-state index in [2.05, 4.69) is 4.98 Å². The SMILES string of the molecule is CN(C)[C@@H](C(=O)N1CC(c2ccccn2)C1)c1ccc2c(c1)OCO2. The van der Waals surface area contributed by atoms with E-state index >= 15 is 0 Å². The summed E-state index contributed by atoms with van der Waals surface area (Å²) in [6.07, 6.45) is 1.80. The number of fused-ring (bicyclic) bond motifs is 1.